The van der Waals surface area contributed by atoms with Crippen molar-refractivity contribution in [2.75, 3.05) is 12.4 Å². The molecular formula is C18H22BrNO. The fraction of sp³-hybridized carbons (Fsp3) is 0.333. The highest BCUT2D eigenvalue weighted by Crippen LogP contribution is 2.32. The fourth-order valence-electron chi connectivity index (χ4n) is 2.36. The van der Waals surface area contributed by atoms with E-state index in [1.165, 1.54) is 5.56 Å². The normalized spacial score (nSPS) is 12.2. The third-order valence-electron chi connectivity index (χ3n) is 3.41. The Morgan fingerprint density at radius 1 is 1.10 bits per heavy atom. The van der Waals surface area contributed by atoms with Crippen LogP contribution < -0.4 is 10.1 Å². The summed E-state index contributed by atoms with van der Waals surface area (Å²) in [6.07, 6.45) is 1.08. The molecule has 0 saturated heterocycles. The minimum Gasteiger partial charge on any atom is -0.497 e. The zero-order chi connectivity index (χ0) is 15.2. The first-order valence-corrected chi connectivity index (χ1v) is 8.04. The molecule has 1 unspecified atom stereocenters. The number of nitrogens with one attached hydrogen (secondary N) is 1. The van der Waals surface area contributed by atoms with Gasteiger partial charge in [0.2, 0.25) is 0 Å². The van der Waals surface area contributed by atoms with Crippen LogP contribution in [-0.4, -0.2) is 7.11 Å². The highest BCUT2D eigenvalue weighted by molar-refractivity contribution is 9.10. The summed E-state index contributed by atoms with van der Waals surface area (Å²) in [5.74, 6) is 1.48. The van der Waals surface area contributed by atoms with Crippen molar-refractivity contribution in [3.8, 4) is 5.75 Å². The van der Waals surface area contributed by atoms with Crippen molar-refractivity contribution in [2.24, 2.45) is 5.92 Å². The molecule has 0 fully saturated rings. The Morgan fingerprint density at radius 3 is 2.43 bits per heavy atom. The molecule has 0 heterocycles. The molecule has 2 nitrogen and oxygen atoms in total. The minimum absolute atomic E-state index is 0.287. The molecule has 1 atom stereocenters. The first-order chi connectivity index (χ1) is 10.1. The number of rotatable bonds is 6. The van der Waals surface area contributed by atoms with Gasteiger partial charge in [-0.3, -0.25) is 0 Å². The predicted octanol–water partition coefficient (Wildman–Crippen LogP) is 5.66. The van der Waals surface area contributed by atoms with E-state index in [0.717, 1.165) is 22.3 Å². The van der Waals surface area contributed by atoms with Crippen LogP contribution in [0.5, 0.6) is 5.75 Å². The second-order valence-corrected chi connectivity index (χ2v) is 6.44. The van der Waals surface area contributed by atoms with Gasteiger partial charge in [0.25, 0.3) is 0 Å². The average molecular weight is 348 g/mol. The van der Waals surface area contributed by atoms with Crippen LogP contribution in [0.1, 0.15) is 31.9 Å². The molecule has 0 saturated carbocycles. The summed E-state index contributed by atoms with van der Waals surface area (Å²) in [7, 11) is 1.69. The Hall–Kier alpha value is -1.48. The Morgan fingerprint density at radius 2 is 1.81 bits per heavy atom. The van der Waals surface area contributed by atoms with E-state index in [2.05, 4.69) is 65.4 Å². The lowest BCUT2D eigenvalue weighted by molar-refractivity contribution is 0.415. The van der Waals surface area contributed by atoms with Crippen molar-refractivity contribution in [3.63, 3.8) is 0 Å². The van der Waals surface area contributed by atoms with Crippen molar-refractivity contribution in [1.29, 1.82) is 0 Å². The number of halogens is 1. The first kappa shape index (κ1) is 15.9. The van der Waals surface area contributed by atoms with Gasteiger partial charge in [-0.25, -0.2) is 0 Å². The zero-order valence-corrected chi connectivity index (χ0v) is 14.4. The molecule has 0 spiro atoms. The van der Waals surface area contributed by atoms with E-state index in [9.17, 15) is 0 Å². The van der Waals surface area contributed by atoms with Gasteiger partial charge in [0.05, 0.1) is 18.8 Å². The summed E-state index contributed by atoms with van der Waals surface area (Å²) in [4.78, 5) is 0. The standard InChI is InChI=1S/C18H22BrNO/c1-13(2)11-17(14-7-5-4-6-8-14)20-18-12-15(21-3)9-10-16(18)19/h4-10,12-13,17,20H,11H2,1-3H3. The van der Waals surface area contributed by atoms with E-state index in [1.54, 1.807) is 7.11 Å². The second-order valence-electron chi connectivity index (χ2n) is 5.58. The lowest BCUT2D eigenvalue weighted by atomic mass is 9.97. The third kappa shape index (κ3) is 4.50. The number of hydrogen-bond donors (Lipinski definition) is 1. The molecular weight excluding hydrogens is 326 g/mol. The van der Waals surface area contributed by atoms with E-state index in [4.69, 9.17) is 4.74 Å². The molecule has 1 N–H and O–H groups in total. The Bertz CT molecular complexity index is 569. The van der Waals surface area contributed by atoms with Crippen LogP contribution in [0, 0.1) is 5.92 Å². The lowest BCUT2D eigenvalue weighted by Crippen LogP contribution is -2.13. The van der Waals surface area contributed by atoms with E-state index < -0.39 is 0 Å². The van der Waals surface area contributed by atoms with Gasteiger partial charge in [-0.2, -0.15) is 0 Å². The maximum absolute atomic E-state index is 5.32. The maximum atomic E-state index is 5.32. The minimum atomic E-state index is 0.287. The number of ether oxygens (including phenoxy) is 1. The van der Waals surface area contributed by atoms with Crippen LogP contribution in [0.4, 0.5) is 5.69 Å². The summed E-state index contributed by atoms with van der Waals surface area (Å²) in [5.41, 5.74) is 2.37. The van der Waals surface area contributed by atoms with Gasteiger partial charge in [0.1, 0.15) is 5.75 Å². The summed E-state index contributed by atoms with van der Waals surface area (Å²) in [6, 6.07) is 16.9. The predicted molar refractivity (Wildman–Crippen MR) is 93.0 cm³/mol. The van der Waals surface area contributed by atoms with E-state index in [-0.39, 0.29) is 6.04 Å². The smallest absolute Gasteiger partial charge is 0.121 e. The van der Waals surface area contributed by atoms with Crippen LogP contribution >= 0.6 is 15.9 Å². The van der Waals surface area contributed by atoms with Crippen LogP contribution in [0.2, 0.25) is 0 Å². The van der Waals surface area contributed by atoms with Crippen molar-refractivity contribution in [3.05, 3.63) is 58.6 Å². The topological polar surface area (TPSA) is 21.3 Å². The number of anilines is 1. The van der Waals surface area contributed by atoms with Gasteiger partial charge in [-0.05, 0) is 46.0 Å². The summed E-state index contributed by atoms with van der Waals surface area (Å²) in [6.45, 7) is 4.50. The number of benzene rings is 2. The molecule has 0 aromatic heterocycles. The molecule has 2 rings (SSSR count). The quantitative estimate of drug-likeness (QED) is 0.728. The van der Waals surface area contributed by atoms with Crippen LogP contribution in [-0.2, 0) is 0 Å². The molecule has 0 aliphatic rings. The zero-order valence-electron chi connectivity index (χ0n) is 12.8. The molecule has 0 aliphatic carbocycles. The molecule has 0 bridgehead atoms. The van der Waals surface area contributed by atoms with Crippen molar-refractivity contribution < 1.29 is 4.74 Å². The van der Waals surface area contributed by atoms with Crippen molar-refractivity contribution in [1.82, 2.24) is 0 Å². The molecule has 0 aliphatic heterocycles. The molecule has 2 aromatic rings. The van der Waals surface area contributed by atoms with E-state index in [0.29, 0.717) is 5.92 Å². The maximum Gasteiger partial charge on any atom is 0.121 e. The number of hydrogen-bond acceptors (Lipinski definition) is 2. The van der Waals surface area contributed by atoms with Gasteiger partial charge >= 0.3 is 0 Å². The highest BCUT2D eigenvalue weighted by Gasteiger charge is 2.14. The van der Waals surface area contributed by atoms with Gasteiger partial charge in [0.15, 0.2) is 0 Å². The van der Waals surface area contributed by atoms with Crippen molar-refractivity contribution in [2.45, 2.75) is 26.3 Å². The largest absolute Gasteiger partial charge is 0.497 e. The van der Waals surface area contributed by atoms with E-state index >= 15 is 0 Å². The SMILES string of the molecule is COc1ccc(Br)c(NC(CC(C)C)c2ccccc2)c1. The Labute approximate surface area is 135 Å². The Balaban J connectivity index is 2.27. The van der Waals surface area contributed by atoms with Gasteiger partial charge in [0, 0.05) is 10.5 Å². The van der Waals surface area contributed by atoms with Gasteiger partial charge in [-0.15, -0.1) is 0 Å². The summed E-state index contributed by atoms with van der Waals surface area (Å²) >= 11 is 3.61. The van der Waals surface area contributed by atoms with Crippen LogP contribution in [0.15, 0.2) is 53.0 Å². The van der Waals surface area contributed by atoms with Crippen molar-refractivity contribution >= 4 is 21.6 Å². The second kappa shape index (κ2) is 7.51. The highest BCUT2D eigenvalue weighted by atomic mass is 79.9. The average Bonchev–Trinajstić information content (AvgIpc) is 2.49. The molecule has 0 amide bonds. The van der Waals surface area contributed by atoms with E-state index in [1.807, 2.05) is 18.2 Å². The Kier molecular flexibility index (Phi) is 5.68. The van der Waals surface area contributed by atoms with Gasteiger partial charge in [-0.1, -0.05) is 44.2 Å². The lowest BCUT2D eigenvalue weighted by Gasteiger charge is -2.23. The molecule has 2 aromatic carbocycles. The summed E-state index contributed by atoms with van der Waals surface area (Å²) in [5, 5.41) is 3.64. The first-order valence-electron chi connectivity index (χ1n) is 7.25. The fourth-order valence-corrected chi connectivity index (χ4v) is 2.73. The van der Waals surface area contributed by atoms with Crippen LogP contribution in [0.3, 0.4) is 0 Å². The monoisotopic (exact) mass is 347 g/mol. The molecule has 112 valence electrons. The molecule has 3 heteroatoms. The number of methoxy groups -OCH3 is 1. The summed E-state index contributed by atoms with van der Waals surface area (Å²) < 4.78 is 6.37. The van der Waals surface area contributed by atoms with Gasteiger partial charge < -0.3 is 10.1 Å². The molecule has 21 heavy (non-hydrogen) atoms. The van der Waals surface area contributed by atoms with Crippen LogP contribution in [0.25, 0.3) is 0 Å². The molecule has 0 radical (unpaired) electrons. The third-order valence-corrected chi connectivity index (χ3v) is 4.10.